The van der Waals surface area contributed by atoms with E-state index in [4.69, 9.17) is 10.5 Å². The number of piperidine rings is 1. The number of aromatic nitrogens is 5. The molecule has 3 aromatic carbocycles. The number of benzene rings is 3. The Labute approximate surface area is 312 Å². The van der Waals surface area contributed by atoms with Gasteiger partial charge in [-0.3, -0.25) is 19.1 Å². The molecule has 0 aliphatic carbocycles. The Morgan fingerprint density at radius 1 is 1.04 bits per heavy atom. The van der Waals surface area contributed by atoms with Gasteiger partial charge in [0.1, 0.15) is 47.1 Å². The van der Waals surface area contributed by atoms with E-state index < -0.39 is 28.3 Å². The Morgan fingerprint density at radius 2 is 1.83 bits per heavy atom. The summed E-state index contributed by atoms with van der Waals surface area (Å²) in [5.74, 6) is -1.42. The molecule has 0 saturated carbocycles. The summed E-state index contributed by atoms with van der Waals surface area (Å²) in [6, 6.07) is 20.2. The molecule has 5 heterocycles. The molecule has 0 radical (unpaired) electrons. The van der Waals surface area contributed by atoms with Crippen LogP contribution in [0.5, 0.6) is 5.75 Å². The summed E-state index contributed by atoms with van der Waals surface area (Å²) in [4.78, 5) is 40.6. The van der Waals surface area contributed by atoms with Crippen LogP contribution in [0.15, 0.2) is 90.2 Å². The number of β-amino-alcohol motifs (C(OH)–C–C–N with tert-alkyl or cyclic N) is 1. The average Bonchev–Trinajstić information content (AvgIpc) is 3.83. The number of hydrogen-bond donors (Lipinski definition) is 3. The van der Waals surface area contributed by atoms with Crippen molar-refractivity contribution < 1.29 is 23.4 Å². The lowest BCUT2D eigenvalue weighted by Crippen LogP contribution is -2.55. The highest BCUT2D eigenvalue weighted by molar-refractivity contribution is 7.20. The Balaban J connectivity index is 1.01. The van der Waals surface area contributed by atoms with Crippen molar-refractivity contribution in [2.45, 2.75) is 37.5 Å². The van der Waals surface area contributed by atoms with Gasteiger partial charge in [0, 0.05) is 42.5 Å². The number of likely N-dealkylation sites (tertiary alicyclic amines) is 1. The zero-order chi connectivity index (χ0) is 37.6. The number of thiophene rings is 1. The number of ether oxygens (including phenoxy) is 1. The van der Waals surface area contributed by atoms with Crippen molar-refractivity contribution in [2.24, 2.45) is 0 Å². The first-order chi connectivity index (χ1) is 26.0. The fraction of sp³-hybridized carbons (Fsp3) is 0.289. The van der Waals surface area contributed by atoms with E-state index in [1.807, 2.05) is 54.3 Å². The molecule has 278 valence electrons. The second-order valence-electron chi connectivity index (χ2n) is 14.0. The number of carbonyl (C=O) groups is 1. The summed E-state index contributed by atoms with van der Waals surface area (Å²) in [6.45, 7) is 3.99. The number of nitrogen functional groups attached to an aromatic ring is 1. The van der Waals surface area contributed by atoms with Gasteiger partial charge < -0.3 is 25.8 Å². The van der Waals surface area contributed by atoms with E-state index in [1.165, 1.54) is 28.0 Å². The molecule has 8 rings (SSSR count). The second-order valence-corrected chi connectivity index (χ2v) is 15.0. The largest absolute Gasteiger partial charge is 0.490 e. The van der Waals surface area contributed by atoms with Crippen molar-refractivity contribution in [1.29, 1.82) is 0 Å². The smallest absolute Gasteiger partial charge is 0.298 e. The number of nitrogens with one attached hydrogen (secondary N) is 1. The molecule has 4 N–H and O–H groups in total. The normalized spacial score (nSPS) is 16.8. The highest BCUT2D eigenvalue weighted by Crippen LogP contribution is 2.39. The van der Waals surface area contributed by atoms with Gasteiger partial charge >= 0.3 is 0 Å². The van der Waals surface area contributed by atoms with Crippen molar-refractivity contribution >= 4 is 44.8 Å². The number of para-hydroxylation sites is 1. The second kappa shape index (κ2) is 13.9. The number of amides is 1. The molecule has 2 aliphatic rings. The van der Waals surface area contributed by atoms with E-state index in [2.05, 4.69) is 25.3 Å². The molecule has 3 aromatic heterocycles. The molecule has 6 aromatic rings. The lowest BCUT2D eigenvalue weighted by molar-refractivity contribution is -0.0309. The molecule has 1 saturated heterocycles. The monoisotopic (exact) mass is 753 g/mol. The minimum Gasteiger partial charge on any atom is -0.490 e. The number of carbonyl (C=O) groups excluding carboxylic acids is 1. The van der Waals surface area contributed by atoms with Crippen LogP contribution in [0.2, 0.25) is 0 Å². The molecule has 0 spiro atoms. The molecule has 54 heavy (non-hydrogen) atoms. The van der Waals surface area contributed by atoms with Crippen LogP contribution in [0, 0.1) is 11.6 Å². The first-order valence-corrected chi connectivity index (χ1v) is 18.3. The van der Waals surface area contributed by atoms with Gasteiger partial charge in [-0.1, -0.05) is 24.3 Å². The SMILES string of the molecule is CC1(NC(=O)c2cc3c(nc(N)c(=O)n3-c3ccc4c(c3)N(c3ccccc3)CCO4)s2)CCN(CC(O)(Cn2cncn2)c2ccc(F)cc2F)CC1. The van der Waals surface area contributed by atoms with Crippen molar-refractivity contribution in [2.75, 3.05) is 43.4 Å². The maximum Gasteiger partial charge on any atom is 0.298 e. The Hall–Kier alpha value is -5.71. The average molecular weight is 754 g/mol. The molecular formula is C38H37F2N9O4S. The van der Waals surface area contributed by atoms with Crippen molar-refractivity contribution in [1.82, 2.24) is 34.5 Å². The predicted octanol–water partition coefficient (Wildman–Crippen LogP) is 4.60. The van der Waals surface area contributed by atoms with Crippen LogP contribution in [0.3, 0.4) is 0 Å². The summed E-state index contributed by atoms with van der Waals surface area (Å²) in [5.41, 5.74) is 6.04. The Bertz CT molecular complexity index is 2400. The van der Waals surface area contributed by atoms with Gasteiger partial charge in [0.05, 0.1) is 34.9 Å². The molecule has 1 atom stereocenters. The van der Waals surface area contributed by atoms with E-state index in [-0.39, 0.29) is 30.4 Å². The number of halogens is 2. The van der Waals surface area contributed by atoms with Crippen molar-refractivity contribution in [3.63, 3.8) is 0 Å². The lowest BCUT2D eigenvalue weighted by atomic mass is 9.87. The quantitative estimate of drug-likeness (QED) is 0.191. The molecule has 13 nitrogen and oxygen atoms in total. The van der Waals surface area contributed by atoms with Crippen molar-refractivity contribution in [3.8, 4) is 11.4 Å². The molecule has 16 heteroatoms. The molecular weight excluding hydrogens is 717 g/mol. The molecule has 1 fully saturated rings. The van der Waals surface area contributed by atoms with Crippen LogP contribution < -0.4 is 26.2 Å². The van der Waals surface area contributed by atoms with Gasteiger partial charge in [0.25, 0.3) is 11.5 Å². The zero-order valence-corrected chi connectivity index (χ0v) is 30.1. The summed E-state index contributed by atoms with van der Waals surface area (Å²) in [6.07, 6.45) is 3.80. The standard InChI is InChI=1S/C38H37F2N9O4S/c1-37(11-13-46(14-12-37)20-38(52,21-47-23-42-22-43-47)27-9-7-24(39)17-28(27)40)45-34(50)32-19-30-35(54-32)44-33(41)36(51)49(30)26-8-10-31-29(18-26)48(15-16-53-31)25-5-3-2-4-6-25/h2-10,17-19,22-23,52H,11-16,20-21H2,1H3,(H2,41,44)(H,45,50). The van der Waals surface area contributed by atoms with Crippen molar-refractivity contribution in [3.05, 3.63) is 118 Å². The van der Waals surface area contributed by atoms with Crippen LogP contribution in [-0.2, 0) is 12.1 Å². The number of rotatable bonds is 9. The van der Waals surface area contributed by atoms with Gasteiger partial charge in [-0.25, -0.2) is 23.4 Å². The van der Waals surface area contributed by atoms with Gasteiger partial charge in [-0.15, -0.1) is 11.3 Å². The van der Waals surface area contributed by atoms with Crippen LogP contribution in [0.25, 0.3) is 16.0 Å². The van der Waals surface area contributed by atoms with Crippen LogP contribution in [0.1, 0.15) is 35.0 Å². The van der Waals surface area contributed by atoms with Crippen LogP contribution in [-0.4, -0.2) is 78.6 Å². The highest BCUT2D eigenvalue weighted by atomic mass is 32.1. The number of nitrogens with zero attached hydrogens (tertiary/aromatic N) is 7. The summed E-state index contributed by atoms with van der Waals surface area (Å²) < 4.78 is 37.6. The zero-order valence-electron chi connectivity index (χ0n) is 29.3. The topological polar surface area (TPSA) is 157 Å². The first-order valence-electron chi connectivity index (χ1n) is 17.5. The minimum absolute atomic E-state index is 0.0400. The fourth-order valence-electron chi connectivity index (χ4n) is 7.29. The number of anilines is 3. The third-order valence-electron chi connectivity index (χ3n) is 10.1. The maximum absolute atomic E-state index is 15.0. The van der Waals surface area contributed by atoms with E-state index in [9.17, 15) is 23.5 Å². The third-order valence-corrected chi connectivity index (χ3v) is 11.1. The summed E-state index contributed by atoms with van der Waals surface area (Å²) >= 11 is 1.14. The molecule has 1 amide bonds. The van der Waals surface area contributed by atoms with E-state index in [0.717, 1.165) is 34.8 Å². The summed E-state index contributed by atoms with van der Waals surface area (Å²) in [5, 5.41) is 19.1. The Kier molecular flexibility index (Phi) is 9.11. The summed E-state index contributed by atoms with van der Waals surface area (Å²) in [7, 11) is 0. The molecule has 2 aliphatic heterocycles. The predicted molar refractivity (Wildman–Crippen MR) is 200 cm³/mol. The minimum atomic E-state index is -1.74. The maximum atomic E-state index is 15.0. The lowest BCUT2D eigenvalue weighted by Gasteiger charge is -2.42. The van der Waals surface area contributed by atoms with Gasteiger partial charge in [-0.2, -0.15) is 5.10 Å². The molecule has 1 unspecified atom stereocenters. The van der Waals surface area contributed by atoms with E-state index in [1.54, 1.807) is 12.1 Å². The highest BCUT2D eigenvalue weighted by Gasteiger charge is 2.39. The molecule has 0 bridgehead atoms. The van der Waals surface area contributed by atoms with Crippen LogP contribution in [0.4, 0.5) is 26.0 Å². The van der Waals surface area contributed by atoms with Gasteiger partial charge in [-0.05, 0) is 62.2 Å². The van der Waals surface area contributed by atoms with Crippen LogP contribution >= 0.6 is 11.3 Å². The first kappa shape index (κ1) is 35.3. The number of aliphatic hydroxyl groups is 1. The fourth-order valence-corrected chi connectivity index (χ4v) is 8.21. The van der Waals surface area contributed by atoms with E-state index in [0.29, 0.717) is 65.7 Å². The van der Waals surface area contributed by atoms with E-state index >= 15 is 0 Å². The number of hydrogen-bond acceptors (Lipinski definition) is 11. The number of fused-ring (bicyclic) bond motifs is 2. The third kappa shape index (κ3) is 6.79. The van der Waals surface area contributed by atoms with Gasteiger partial charge in [0.2, 0.25) is 0 Å². The number of nitrogens with two attached hydrogens (primary N) is 1. The van der Waals surface area contributed by atoms with Gasteiger partial charge in [0.15, 0.2) is 5.82 Å². The Morgan fingerprint density at radius 3 is 2.57 bits per heavy atom.